The summed E-state index contributed by atoms with van der Waals surface area (Å²) in [6.45, 7) is 7.14. The van der Waals surface area contributed by atoms with Crippen molar-refractivity contribution in [3.63, 3.8) is 0 Å². The third-order valence-electron chi connectivity index (χ3n) is 5.88. The minimum Gasteiger partial charge on any atom is -0.367 e. The zero-order valence-corrected chi connectivity index (χ0v) is 20.6. The summed E-state index contributed by atoms with van der Waals surface area (Å²) in [5.74, 6) is 0. The molecule has 0 saturated carbocycles. The van der Waals surface area contributed by atoms with Crippen molar-refractivity contribution in [2.75, 3.05) is 45.9 Å². The molecule has 1 aliphatic rings. The van der Waals surface area contributed by atoms with Crippen LogP contribution in [0.1, 0.15) is 22.8 Å². The molecule has 166 valence electrons. The molecule has 1 aliphatic heterocycles. The maximum atomic E-state index is 6.40. The Bertz CT molecular complexity index is 929. The molecule has 3 nitrogen and oxygen atoms in total. The first kappa shape index (κ1) is 23.2. The molecule has 1 fully saturated rings. The Kier molecular flexibility index (Phi) is 8.91. The van der Waals surface area contributed by atoms with Crippen molar-refractivity contribution in [2.45, 2.75) is 6.10 Å². The van der Waals surface area contributed by atoms with Gasteiger partial charge in [-0.05, 0) is 51.4 Å². The van der Waals surface area contributed by atoms with Crippen molar-refractivity contribution in [1.29, 1.82) is 0 Å². The van der Waals surface area contributed by atoms with Crippen molar-refractivity contribution < 1.29 is 4.74 Å². The number of hydrogen-bond donors (Lipinski definition) is 0. The molecule has 3 aromatic carbocycles. The summed E-state index contributed by atoms with van der Waals surface area (Å²) in [7, 11) is 0. The van der Waals surface area contributed by atoms with Gasteiger partial charge in [-0.25, -0.2) is 0 Å². The molecule has 1 saturated heterocycles. The highest BCUT2D eigenvalue weighted by Crippen LogP contribution is 2.25. The summed E-state index contributed by atoms with van der Waals surface area (Å²) in [5, 5.41) is 0. The van der Waals surface area contributed by atoms with Crippen molar-refractivity contribution in [3.05, 3.63) is 111 Å². The van der Waals surface area contributed by atoms with Crippen LogP contribution in [0.4, 0.5) is 0 Å². The lowest BCUT2D eigenvalue weighted by atomic mass is 10.0. The first-order valence-electron chi connectivity index (χ1n) is 11.4. The van der Waals surface area contributed by atoms with Crippen LogP contribution in [0.5, 0.6) is 0 Å². The predicted molar refractivity (Wildman–Crippen MR) is 142 cm³/mol. The second-order valence-corrected chi connectivity index (χ2v) is 9.42. The normalized spacial score (nSPS) is 15.6. The second-order valence-electron chi connectivity index (χ2n) is 8.17. The molecule has 0 spiro atoms. The fourth-order valence-corrected chi connectivity index (χ4v) is 4.65. The summed E-state index contributed by atoms with van der Waals surface area (Å²) in [6.07, 6.45) is 4.51. The molecule has 3 aromatic rings. The van der Waals surface area contributed by atoms with Crippen molar-refractivity contribution in [3.8, 4) is 0 Å². The van der Waals surface area contributed by atoms with Crippen molar-refractivity contribution >= 4 is 28.7 Å². The number of halogens is 1. The molecule has 0 amide bonds. The van der Waals surface area contributed by atoms with E-state index in [1.54, 1.807) is 0 Å². The van der Waals surface area contributed by atoms with Gasteiger partial charge >= 0.3 is 0 Å². The third-order valence-corrected chi connectivity index (χ3v) is 6.56. The van der Waals surface area contributed by atoms with E-state index >= 15 is 0 Å². The van der Waals surface area contributed by atoms with Gasteiger partial charge in [-0.15, -0.1) is 0 Å². The summed E-state index contributed by atoms with van der Waals surface area (Å²) >= 11 is 2.36. The van der Waals surface area contributed by atoms with Gasteiger partial charge < -0.3 is 4.74 Å². The molecular weight excluding hydrogens is 507 g/mol. The first-order valence-corrected chi connectivity index (χ1v) is 12.4. The largest absolute Gasteiger partial charge is 0.367 e. The zero-order valence-electron chi connectivity index (χ0n) is 18.4. The number of benzene rings is 3. The van der Waals surface area contributed by atoms with E-state index in [-0.39, 0.29) is 6.10 Å². The monoisotopic (exact) mass is 538 g/mol. The Morgan fingerprint density at radius 1 is 0.781 bits per heavy atom. The Balaban J connectivity index is 1.22. The fraction of sp³-hybridized carbons (Fsp3) is 0.286. The minimum absolute atomic E-state index is 0.00938. The van der Waals surface area contributed by atoms with Gasteiger partial charge in [-0.3, -0.25) is 9.80 Å². The quantitative estimate of drug-likeness (QED) is 0.324. The van der Waals surface area contributed by atoms with Crippen LogP contribution < -0.4 is 0 Å². The molecule has 4 rings (SSSR count). The summed E-state index contributed by atoms with van der Waals surface area (Å²) in [4.78, 5) is 5.05. The molecule has 0 radical (unpaired) electrons. The Labute approximate surface area is 205 Å². The number of hydrogen-bond acceptors (Lipinski definition) is 3. The average Bonchev–Trinajstić information content (AvgIpc) is 2.84. The van der Waals surface area contributed by atoms with Crippen LogP contribution in [0.25, 0.3) is 6.08 Å². The van der Waals surface area contributed by atoms with Gasteiger partial charge in [-0.1, -0.05) is 84.9 Å². The highest BCUT2D eigenvalue weighted by molar-refractivity contribution is 14.1. The number of rotatable bonds is 9. The van der Waals surface area contributed by atoms with Gasteiger partial charge in [0.05, 0.1) is 6.61 Å². The van der Waals surface area contributed by atoms with Crippen LogP contribution in [0.2, 0.25) is 0 Å². The lowest BCUT2D eigenvalue weighted by molar-refractivity contribution is 0.0468. The molecule has 0 N–H and O–H groups in total. The fourth-order valence-electron chi connectivity index (χ4n) is 4.08. The maximum absolute atomic E-state index is 6.40. The number of nitrogens with zero attached hydrogens (tertiary/aromatic N) is 2. The van der Waals surface area contributed by atoms with E-state index in [1.165, 1.54) is 20.3 Å². The highest BCUT2D eigenvalue weighted by Gasteiger charge is 2.18. The maximum Gasteiger partial charge on any atom is 0.108 e. The summed E-state index contributed by atoms with van der Waals surface area (Å²) in [5.41, 5.74) is 3.70. The van der Waals surface area contributed by atoms with E-state index < -0.39 is 0 Å². The van der Waals surface area contributed by atoms with Crippen LogP contribution >= 0.6 is 22.6 Å². The Hall–Kier alpha value is -1.99. The molecular formula is C28H31IN2O. The van der Waals surface area contributed by atoms with E-state index in [0.29, 0.717) is 0 Å². The predicted octanol–water partition coefficient (Wildman–Crippen LogP) is 5.73. The van der Waals surface area contributed by atoms with Gasteiger partial charge in [0.1, 0.15) is 6.10 Å². The second kappa shape index (κ2) is 12.3. The lowest BCUT2D eigenvalue weighted by Crippen LogP contribution is -2.47. The lowest BCUT2D eigenvalue weighted by Gasteiger charge is -2.34. The standard InChI is InChI=1S/C28H31IN2O/c29-27-15-7-9-24(23-27)10-8-16-30-17-19-31(20-18-30)21-22-32-28(25-11-3-1-4-12-25)26-13-5-2-6-14-26/h1-15,23,28H,16-22H2/b10-8+. The van der Waals surface area contributed by atoms with Gasteiger partial charge in [-0.2, -0.15) is 0 Å². The van der Waals surface area contributed by atoms with E-state index in [2.05, 4.69) is 129 Å². The van der Waals surface area contributed by atoms with Crippen LogP contribution in [0.3, 0.4) is 0 Å². The van der Waals surface area contributed by atoms with Crippen LogP contribution in [-0.2, 0) is 4.74 Å². The van der Waals surface area contributed by atoms with E-state index in [9.17, 15) is 0 Å². The molecule has 4 heteroatoms. The SMILES string of the molecule is Ic1cccc(/C=C/CN2CCN(CCOC(c3ccccc3)c3ccccc3)CC2)c1. The van der Waals surface area contributed by atoms with Gasteiger partial charge in [0.25, 0.3) is 0 Å². The van der Waals surface area contributed by atoms with Gasteiger partial charge in [0.15, 0.2) is 0 Å². The summed E-state index contributed by atoms with van der Waals surface area (Å²) in [6, 6.07) is 29.7. The topological polar surface area (TPSA) is 15.7 Å². The average molecular weight is 538 g/mol. The molecule has 0 atom stereocenters. The Morgan fingerprint density at radius 3 is 2.03 bits per heavy atom. The number of ether oxygens (including phenoxy) is 1. The molecule has 0 unspecified atom stereocenters. The van der Waals surface area contributed by atoms with Crippen molar-refractivity contribution in [1.82, 2.24) is 9.80 Å². The minimum atomic E-state index is -0.00938. The third kappa shape index (κ3) is 7.01. The first-order chi connectivity index (χ1) is 15.8. The van der Waals surface area contributed by atoms with Gasteiger partial charge in [0, 0.05) is 42.8 Å². The highest BCUT2D eigenvalue weighted by atomic mass is 127. The van der Waals surface area contributed by atoms with E-state index in [4.69, 9.17) is 4.74 Å². The van der Waals surface area contributed by atoms with Crippen LogP contribution in [-0.4, -0.2) is 55.7 Å². The molecule has 0 aromatic heterocycles. The number of piperazine rings is 1. The van der Waals surface area contributed by atoms with Crippen LogP contribution in [0.15, 0.2) is 91.0 Å². The van der Waals surface area contributed by atoms with Crippen molar-refractivity contribution in [2.24, 2.45) is 0 Å². The Morgan fingerprint density at radius 2 is 1.41 bits per heavy atom. The van der Waals surface area contributed by atoms with E-state index in [0.717, 1.165) is 45.9 Å². The van der Waals surface area contributed by atoms with E-state index in [1.807, 2.05) is 0 Å². The smallest absolute Gasteiger partial charge is 0.108 e. The van der Waals surface area contributed by atoms with Gasteiger partial charge in [0.2, 0.25) is 0 Å². The zero-order chi connectivity index (χ0) is 22.0. The summed E-state index contributed by atoms with van der Waals surface area (Å²) < 4.78 is 7.68. The molecule has 0 bridgehead atoms. The van der Waals surface area contributed by atoms with Crippen LogP contribution in [0, 0.1) is 3.57 Å². The molecule has 0 aliphatic carbocycles. The molecule has 32 heavy (non-hydrogen) atoms. The molecule has 1 heterocycles.